The van der Waals surface area contributed by atoms with Gasteiger partial charge in [-0.2, -0.15) is 0 Å². The molecule has 0 bridgehead atoms. The van der Waals surface area contributed by atoms with Crippen molar-refractivity contribution in [3.63, 3.8) is 0 Å². The predicted octanol–water partition coefficient (Wildman–Crippen LogP) is 2.58. The topological polar surface area (TPSA) is 24.5 Å². The zero-order valence-corrected chi connectivity index (χ0v) is 12.2. The van der Waals surface area contributed by atoms with E-state index in [1.54, 1.807) is 7.11 Å². The van der Waals surface area contributed by atoms with Crippen LogP contribution in [0.25, 0.3) is 0 Å². The number of hydrogen-bond donors (Lipinski definition) is 1. The summed E-state index contributed by atoms with van der Waals surface area (Å²) in [6.45, 7) is 7.79. The lowest BCUT2D eigenvalue weighted by Crippen LogP contribution is -2.35. The number of aryl methyl sites for hydroxylation is 1. The summed E-state index contributed by atoms with van der Waals surface area (Å²) in [6.07, 6.45) is 4.15. The lowest BCUT2D eigenvalue weighted by molar-refractivity contribution is 0.229. The van der Waals surface area contributed by atoms with Gasteiger partial charge in [-0.25, -0.2) is 0 Å². The molecular weight excluding hydrogens is 236 g/mol. The molecule has 1 N–H and O–H groups in total. The van der Waals surface area contributed by atoms with Gasteiger partial charge in [-0.15, -0.1) is 0 Å². The average Bonchev–Trinajstić information content (AvgIpc) is 2.46. The van der Waals surface area contributed by atoms with E-state index in [1.165, 1.54) is 50.0 Å². The van der Waals surface area contributed by atoms with Crippen LogP contribution in [-0.4, -0.2) is 38.2 Å². The lowest BCUT2D eigenvalue weighted by atomic mass is 10.1. The maximum atomic E-state index is 5.35. The van der Waals surface area contributed by atoms with E-state index >= 15 is 0 Å². The Balaban J connectivity index is 1.70. The number of methoxy groups -OCH3 is 1. The van der Waals surface area contributed by atoms with Gasteiger partial charge < -0.3 is 15.0 Å². The maximum Gasteiger partial charge on any atom is 0.122 e. The van der Waals surface area contributed by atoms with Crippen molar-refractivity contribution in [3.8, 4) is 5.75 Å². The first-order valence-corrected chi connectivity index (χ1v) is 7.36. The molecule has 0 unspecified atom stereocenters. The number of hydrogen-bond acceptors (Lipinski definition) is 3. The minimum absolute atomic E-state index is 0.921. The van der Waals surface area contributed by atoms with E-state index in [9.17, 15) is 0 Å². The predicted molar refractivity (Wildman–Crippen MR) is 79.7 cm³/mol. The summed E-state index contributed by atoms with van der Waals surface area (Å²) in [7, 11) is 1.73. The van der Waals surface area contributed by atoms with Gasteiger partial charge in [-0.1, -0.05) is 18.6 Å². The van der Waals surface area contributed by atoms with Gasteiger partial charge in [0.2, 0.25) is 0 Å². The highest BCUT2D eigenvalue weighted by Crippen LogP contribution is 2.18. The van der Waals surface area contributed by atoms with Crippen molar-refractivity contribution in [2.24, 2.45) is 0 Å². The van der Waals surface area contributed by atoms with Crippen LogP contribution in [0.1, 0.15) is 30.4 Å². The van der Waals surface area contributed by atoms with Crippen molar-refractivity contribution in [2.45, 2.75) is 32.7 Å². The highest BCUT2D eigenvalue weighted by Gasteiger charge is 2.08. The fourth-order valence-corrected chi connectivity index (χ4v) is 2.63. The minimum atomic E-state index is 0.921. The Bertz CT molecular complexity index is 386. The number of benzene rings is 1. The number of rotatable bonds is 6. The molecule has 1 aliphatic heterocycles. The van der Waals surface area contributed by atoms with Gasteiger partial charge in [0.25, 0.3) is 0 Å². The molecule has 3 heteroatoms. The van der Waals surface area contributed by atoms with E-state index in [1.807, 2.05) is 0 Å². The molecule has 1 aromatic rings. The molecule has 19 heavy (non-hydrogen) atoms. The van der Waals surface area contributed by atoms with Crippen LogP contribution in [0.5, 0.6) is 5.75 Å². The second-order valence-corrected chi connectivity index (χ2v) is 5.38. The van der Waals surface area contributed by atoms with Gasteiger partial charge >= 0.3 is 0 Å². The molecular formula is C16H26N2O. The Morgan fingerprint density at radius 2 is 2.00 bits per heavy atom. The summed E-state index contributed by atoms with van der Waals surface area (Å²) in [4.78, 5) is 2.56. The molecule has 0 saturated carbocycles. The third-order valence-corrected chi connectivity index (χ3v) is 3.86. The Hall–Kier alpha value is -1.06. The van der Waals surface area contributed by atoms with Crippen molar-refractivity contribution in [1.29, 1.82) is 0 Å². The summed E-state index contributed by atoms with van der Waals surface area (Å²) in [5, 5.41) is 3.52. The molecule has 106 valence electrons. The molecule has 1 aromatic carbocycles. The van der Waals surface area contributed by atoms with E-state index in [0.29, 0.717) is 0 Å². The Morgan fingerprint density at radius 3 is 2.74 bits per heavy atom. The van der Waals surface area contributed by atoms with Crippen LogP contribution in [0.15, 0.2) is 18.2 Å². The number of piperidine rings is 1. The summed E-state index contributed by atoms with van der Waals surface area (Å²) < 4.78 is 5.35. The SMILES string of the molecule is COc1cc(CNCCN2CCCCC2)ccc1C. The molecule has 1 heterocycles. The molecule has 1 fully saturated rings. The first-order valence-electron chi connectivity index (χ1n) is 7.36. The number of nitrogens with zero attached hydrogens (tertiary/aromatic N) is 1. The number of nitrogens with one attached hydrogen (secondary N) is 1. The van der Waals surface area contributed by atoms with Crippen molar-refractivity contribution in [2.75, 3.05) is 33.3 Å². The standard InChI is InChI=1S/C16H26N2O/c1-14-6-7-15(12-16(14)19-2)13-17-8-11-18-9-4-3-5-10-18/h6-7,12,17H,3-5,8-11,13H2,1-2H3. The van der Waals surface area contributed by atoms with Gasteiger partial charge in [0, 0.05) is 19.6 Å². The smallest absolute Gasteiger partial charge is 0.122 e. The number of likely N-dealkylation sites (tertiary alicyclic amines) is 1. The summed E-state index contributed by atoms with van der Waals surface area (Å²) in [6, 6.07) is 6.43. The van der Waals surface area contributed by atoms with E-state index in [-0.39, 0.29) is 0 Å². The second kappa shape index (κ2) is 7.51. The average molecular weight is 262 g/mol. The zero-order chi connectivity index (χ0) is 13.5. The molecule has 2 rings (SSSR count). The molecule has 0 spiro atoms. The molecule has 0 aromatic heterocycles. The molecule has 1 saturated heterocycles. The fourth-order valence-electron chi connectivity index (χ4n) is 2.63. The Labute approximate surface area is 116 Å². The minimum Gasteiger partial charge on any atom is -0.496 e. The molecule has 3 nitrogen and oxygen atoms in total. The van der Waals surface area contributed by atoms with E-state index < -0.39 is 0 Å². The van der Waals surface area contributed by atoms with Crippen LogP contribution in [0.4, 0.5) is 0 Å². The van der Waals surface area contributed by atoms with Crippen LogP contribution in [0.3, 0.4) is 0 Å². The van der Waals surface area contributed by atoms with Gasteiger partial charge in [0.15, 0.2) is 0 Å². The van der Waals surface area contributed by atoms with Crippen LogP contribution in [0, 0.1) is 6.92 Å². The van der Waals surface area contributed by atoms with Crippen LogP contribution in [-0.2, 0) is 6.54 Å². The summed E-state index contributed by atoms with van der Waals surface area (Å²) in [5.41, 5.74) is 2.49. The Morgan fingerprint density at radius 1 is 1.21 bits per heavy atom. The van der Waals surface area contributed by atoms with Crippen molar-refractivity contribution >= 4 is 0 Å². The van der Waals surface area contributed by atoms with Gasteiger partial charge in [-0.3, -0.25) is 0 Å². The van der Waals surface area contributed by atoms with E-state index in [0.717, 1.165) is 18.8 Å². The first kappa shape index (κ1) is 14.4. The monoisotopic (exact) mass is 262 g/mol. The second-order valence-electron chi connectivity index (χ2n) is 5.38. The number of ether oxygens (including phenoxy) is 1. The summed E-state index contributed by atoms with van der Waals surface area (Å²) in [5.74, 6) is 0.982. The largest absolute Gasteiger partial charge is 0.496 e. The maximum absolute atomic E-state index is 5.35. The van der Waals surface area contributed by atoms with Crippen molar-refractivity contribution < 1.29 is 4.74 Å². The van der Waals surface area contributed by atoms with Gasteiger partial charge in [0.1, 0.15) is 5.75 Å². The van der Waals surface area contributed by atoms with E-state index in [2.05, 4.69) is 35.3 Å². The molecule has 0 amide bonds. The quantitative estimate of drug-likeness (QED) is 0.798. The van der Waals surface area contributed by atoms with Crippen LogP contribution in [0.2, 0.25) is 0 Å². The Kier molecular flexibility index (Phi) is 5.67. The van der Waals surface area contributed by atoms with E-state index in [4.69, 9.17) is 4.74 Å². The molecule has 0 radical (unpaired) electrons. The third-order valence-electron chi connectivity index (χ3n) is 3.86. The van der Waals surface area contributed by atoms with Crippen LogP contribution < -0.4 is 10.1 Å². The third kappa shape index (κ3) is 4.51. The fraction of sp³-hybridized carbons (Fsp3) is 0.625. The van der Waals surface area contributed by atoms with Gasteiger partial charge in [-0.05, 0) is 50.0 Å². The highest BCUT2D eigenvalue weighted by molar-refractivity contribution is 5.36. The molecule has 1 aliphatic rings. The summed E-state index contributed by atoms with van der Waals surface area (Å²) >= 11 is 0. The van der Waals surface area contributed by atoms with Crippen molar-refractivity contribution in [1.82, 2.24) is 10.2 Å². The molecule has 0 atom stereocenters. The van der Waals surface area contributed by atoms with Gasteiger partial charge in [0.05, 0.1) is 7.11 Å². The highest BCUT2D eigenvalue weighted by atomic mass is 16.5. The normalized spacial score (nSPS) is 16.5. The van der Waals surface area contributed by atoms with Crippen LogP contribution >= 0.6 is 0 Å². The lowest BCUT2D eigenvalue weighted by Gasteiger charge is -2.26. The molecule has 0 aliphatic carbocycles. The zero-order valence-electron chi connectivity index (χ0n) is 12.2. The van der Waals surface area contributed by atoms with Crippen molar-refractivity contribution in [3.05, 3.63) is 29.3 Å². The first-order chi connectivity index (χ1) is 9.29.